The maximum Gasteiger partial charge on any atom is 0.342 e. The molecule has 0 N–H and O–H groups in total. The number of nitro groups is 1. The molecule has 0 saturated carbocycles. The highest BCUT2D eigenvalue weighted by molar-refractivity contribution is 5.48. The first-order valence-electron chi connectivity index (χ1n) is 5.13. The molecule has 17 heavy (non-hydrogen) atoms. The minimum atomic E-state index is -0.441. The monoisotopic (exact) mass is 229 g/mol. The Balaban J connectivity index is 2.05. The van der Waals surface area contributed by atoms with E-state index >= 15 is 0 Å². The summed E-state index contributed by atoms with van der Waals surface area (Å²) in [5.41, 5.74) is 1.07. The molecular weight excluding hydrogens is 218 g/mol. The molecule has 0 amide bonds. The number of nitrogens with zero attached hydrogens (tertiary/aromatic N) is 3. The lowest BCUT2D eigenvalue weighted by atomic mass is 10.2. The van der Waals surface area contributed by atoms with Gasteiger partial charge in [0.25, 0.3) is 0 Å². The van der Waals surface area contributed by atoms with Crippen LogP contribution >= 0.6 is 0 Å². The topological polar surface area (TPSA) is 61.0 Å². The van der Waals surface area contributed by atoms with Crippen LogP contribution in [0.3, 0.4) is 0 Å². The van der Waals surface area contributed by atoms with Gasteiger partial charge in [-0.15, -0.1) is 0 Å². The van der Waals surface area contributed by atoms with Gasteiger partial charge in [0.15, 0.2) is 6.33 Å². The van der Waals surface area contributed by atoms with Gasteiger partial charge in [-0.2, -0.15) is 0 Å². The van der Waals surface area contributed by atoms with Crippen molar-refractivity contribution in [2.24, 2.45) is 0 Å². The molecule has 2 aromatic rings. The van der Waals surface area contributed by atoms with Crippen LogP contribution in [-0.2, 0) is 6.54 Å². The second-order valence-corrected chi connectivity index (χ2v) is 3.47. The first-order valence-corrected chi connectivity index (χ1v) is 5.13. The molecule has 0 unspecified atom stereocenters. The van der Waals surface area contributed by atoms with Crippen molar-refractivity contribution in [1.82, 2.24) is 9.55 Å². The molecule has 1 heterocycles. The molecule has 0 bridgehead atoms. The zero-order valence-electron chi connectivity index (χ0n) is 9.06. The zero-order chi connectivity index (χ0) is 12.1. The lowest BCUT2D eigenvalue weighted by molar-refractivity contribution is -0.392. The standard InChI is InChI=1S/C12H11N3O2/c16-15(17)12-9-13-10-14(12)8-4-7-11-5-2-1-3-6-11/h1-7,9-10H,8H2/b7-4+. The van der Waals surface area contributed by atoms with Crippen molar-refractivity contribution in [2.75, 3.05) is 0 Å². The molecule has 0 spiro atoms. The molecule has 1 aromatic carbocycles. The van der Waals surface area contributed by atoms with E-state index in [1.54, 1.807) is 0 Å². The summed E-state index contributed by atoms with van der Waals surface area (Å²) in [6.07, 6.45) is 6.48. The molecule has 0 radical (unpaired) electrons. The van der Waals surface area contributed by atoms with Crippen LogP contribution in [-0.4, -0.2) is 14.5 Å². The van der Waals surface area contributed by atoms with E-state index in [0.29, 0.717) is 6.54 Å². The highest BCUT2D eigenvalue weighted by Crippen LogP contribution is 2.10. The Morgan fingerprint density at radius 2 is 2.12 bits per heavy atom. The molecule has 0 atom stereocenters. The van der Waals surface area contributed by atoms with Crippen molar-refractivity contribution in [3.63, 3.8) is 0 Å². The van der Waals surface area contributed by atoms with Crippen LogP contribution in [0.1, 0.15) is 5.56 Å². The van der Waals surface area contributed by atoms with E-state index in [2.05, 4.69) is 4.98 Å². The number of imidazole rings is 1. The minimum Gasteiger partial charge on any atom is -0.358 e. The van der Waals surface area contributed by atoms with Crippen molar-refractivity contribution in [1.29, 1.82) is 0 Å². The number of hydrogen-bond donors (Lipinski definition) is 0. The smallest absolute Gasteiger partial charge is 0.342 e. The van der Waals surface area contributed by atoms with E-state index in [0.717, 1.165) is 5.56 Å². The van der Waals surface area contributed by atoms with Gasteiger partial charge in [-0.3, -0.25) is 0 Å². The van der Waals surface area contributed by atoms with Crippen LogP contribution < -0.4 is 0 Å². The fraction of sp³-hybridized carbons (Fsp3) is 0.0833. The van der Waals surface area contributed by atoms with Crippen LogP contribution in [0.4, 0.5) is 5.82 Å². The zero-order valence-corrected chi connectivity index (χ0v) is 9.06. The van der Waals surface area contributed by atoms with Gasteiger partial charge in [-0.1, -0.05) is 36.4 Å². The van der Waals surface area contributed by atoms with Gasteiger partial charge < -0.3 is 10.1 Å². The van der Waals surface area contributed by atoms with E-state index in [4.69, 9.17) is 0 Å². The third-order valence-electron chi connectivity index (χ3n) is 2.29. The summed E-state index contributed by atoms with van der Waals surface area (Å²) in [5, 5.41) is 10.6. The summed E-state index contributed by atoms with van der Waals surface area (Å²) < 4.78 is 1.49. The maximum absolute atomic E-state index is 10.6. The van der Waals surface area contributed by atoms with Gasteiger partial charge in [0, 0.05) is 0 Å². The number of hydrogen-bond acceptors (Lipinski definition) is 3. The molecule has 0 aliphatic heterocycles. The summed E-state index contributed by atoms with van der Waals surface area (Å²) in [6.45, 7) is 0.436. The molecular formula is C12H11N3O2. The summed E-state index contributed by atoms with van der Waals surface area (Å²) in [6, 6.07) is 9.77. The van der Waals surface area contributed by atoms with Crippen molar-refractivity contribution in [3.05, 3.63) is 64.6 Å². The Hall–Kier alpha value is -2.43. The van der Waals surface area contributed by atoms with Crippen LogP contribution in [0.5, 0.6) is 0 Å². The Labute approximate surface area is 98.2 Å². The Morgan fingerprint density at radius 3 is 2.82 bits per heavy atom. The predicted molar refractivity (Wildman–Crippen MR) is 64.4 cm³/mol. The summed E-state index contributed by atoms with van der Waals surface area (Å²) in [7, 11) is 0. The second kappa shape index (κ2) is 5.07. The van der Waals surface area contributed by atoms with E-state index in [1.807, 2.05) is 42.5 Å². The number of allylic oxidation sites excluding steroid dienone is 1. The lowest BCUT2D eigenvalue weighted by Gasteiger charge is -1.96. The molecule has 2 rings (SSSR count). The van der Waals surface area contributed by atoms with Gasteiger partial charge >= 0.3 is 5.82 Å². The molecule has 5 heteroatoms. The fourth-order valence-electron chi connectivity index (χ4n) is 1.47. The van der Waals surface area contributed by atoms with Crippen molar-refractivity contribution in [3.8, 4) is 0 Å². The first kappa shape index (κ1) is 11.1. The van der Waals surface area contributed by atoms with Crippen molar-refractivity contribution < 1.29 is 4.92 Å². The van der Waals surface area contributed by atoms with Crippen LogP contribution in [0.15, 0.2) is 48.9 Å². The Bertz CT molecular complexity index is 532. The average Bonchev–Trinajstić information content (AvgIpc) is 2.79. The fourth-order valence-corrected chi connectivity index (χ4v) is 1.47. The quantitative estimate of drug-likeness (QED) is 0.597. The Kier molecular flexibility index (Phi) is 3.30. The number of benzene rings is 1. The number of aromatic nitrogens is 2. The third-order valence-corrected chi connectivity index (χ3v) is 2.29. The average molecular weight is 229 g/mol. The highest BCUT2D eigenvalue weighted by Gasteiger charge is 2.10. The largest absolute Gasteiger partial charge is 0.358 e. The van der Waals surface area contributed by atoms with E-state index in [-0.39, 0.29) is 5.82 Å². The summed E-state index contributed by atoms with van der Waals surface area (Å²) >= 11 is 0. The van der Waals surface area contributed by atoms with E-state index in [9.17, 15) is 10.1 Å². The lowest BCUT2D eigenvalue weighted by Crippen LogP contribution is -1.99. The molecule has 5 nitrogen and oxygen atoms in total. The first-order chi connectivity index (χ1) is 8.27. The maximum atomic E-state index is 10.6. The molecule has 0 aliphatic rings. The molecule has 1 aromatic heterocycles. The van der Waals surface area contributed by atoms with Crippen LogP contribution in [0, 0.1) is 10.1 Å². The Morgan fingerprint density at radius 1 is 1.35 bits per heavy atom. The number of rotatable bonds is 4. The molecule has 0 fully saturated rings. The van der Waals surface area contributed by atoms with Crippen LogP contribution in [0.25, 0.3) is 6.08 Å². The SMILES string of the molecule is O=[N+]([O-])c1cncn1C/C=C/c1ccccc1. The van der Waals surface area contributed by atoms with Crippen molar-refractivity contribution >= 4 is 11.9 Å². The van der Waals surface area contributed by atoms with Gasteiger partial charge in [0.05, 0.1) is 0 Å². The normalized spacial score (nSPS) is 10.8. The molecule has 0 saturated heterocycles. The van der Waals surface area contributed by atoms with Gasteiger partial charge in [0.2, 0.25) is 0 Å². The predicted octanol–water partition coefficient (Wildman–Crippen LogP) is 2.50. The summed E-state index contributed by atoms with van der Waals surface area (Å²) in [5.74, 6) is 0.00251. The van der Waals surface area contributed by atoms with E-state index in [1.165, 1.54) is 17.1 Å². The molecule has 0 aliphatic carbocycles. The molecule has 86 valence electrons. The van der Waals surface area contributed by atoms with Gasteiger partial charge in [-0.05, 0) is 16.6 Å². The van der Waals surface area contributed by atoms with Gasteiger partial charge in [-0.25, -0.2) is 9.55 Å². The minimum absolute atomic E-state index is 0.00251. The van der Waals surface area contributed by atoms with Crippen molar-refractivity contribution in [2.45, 2.75) is 6.54 Å². The second-order valence-electron chi connectivity index (χ2n) is 3.47. The third kappa shape index (κ3) is 2.78. The van der Waals surface area contributed by atoms with E-state index < -0.39 is 4.92 Å². The van der Waals surface area contributed by atoms with Crippen LogP contribution in [0.2, 0.25) is 0 Å². The van der Waals surface area contributed by atoms with Gasteiger partial charge in [0.1, 0.15) is 12.7 Å². The summed E-state index contributed by atoms with van der Waals surface area (Å²) in [4.78, 5) is 14.0. The highest BCUT2D eigenvalue weighted by atomic mass is 16.6.